The Bertz CT molecular complexity index is 633. The molecular weight excluding hydrogens is 284 g/mol. The second-order valence-electron chi connectivity index (χ2n) is 5.26. The molecule has 5 heteroatoms. The molecule has 3 rings (SSSR count). The van der Waals surface area contributed by atoms with E-state index in [0.717, 1.165) is 11.1 Å². The highest BCUT2D eigenvalue weighted by atomic mass is 16.5. The molecule has 22 heavy (non-hydrogen) atoms. The highest BCUT2D eigenvalue weighted by Crippen LogP contribution is 2.30. The van der Waals surface area contributed by atoms with Gasteiger partial charge in [-0.15, -0.1) is 0 Å². The van der Waals surface area contributed by atoms with Crippen LogP contribution in [0.1, 0.15) is 28.1 Å². The number of benzene rings is 1. The number of ketones is 1. The maximum atomic E-state index is 11.7. The predicted molar refractivity (Wildman–Crippen MR) is 79.0 cm³/mol. The van der Waals surface area contributed by atoms with Crippen LogP contribution in [0.25, 0.3) is 0 Å². The maximum Gasteiger partial charge on any atom is 0.163 e. The molecule has 0 spiro atoms. The number of aliphatic hydroxyl groups is 1. The van der Waals surface area contributed by atoms with Crippen molar-refractivity contribution >= 4 is 5.78 Å². The van der Waals surface area contributed by atoms with Crippen LogP contribution in [0.4, 0.5) is 0 Å². The van der Waals surface area contributed by atoms with Crippen molar-refractivity contribution in [2.24, 2.45) is 0 Å². The number of aliphatic hydroxyl groups excluding tert-OH is 1. The van der Waals surface area contributed by atoms with Gasteiger partial charge in [0.15, 0.2) is 5.78 Å². The van der Waals surface area contributed by atoms with Gasteiger partial charge in [-0.2, -0.15) is 0 Å². The summed E-state index contributed by atoms with van der Waals surface area (Å²) in [6, 6.07) is 9.05. The van der Waals surface area contributed by atoms with Crippen molar-refractivity contribution in [2.45, 2.75) is 25.6 Å². The SMILES string of the molecule is O=C1CCc2c(OCC(O)COCc3ccco3)cccc21. The molecule has 1 aromatic heterocycles. The molecule has 1 aliphatic carbocycles. The Balaban J connectivity index is 1.47. The average Bonchev–Trinajstić information content (AvgIpc) is 3.16. The van der Waals surface area contributed by atoms with Crippen molar-refractivity contribution in [1.29, 1.82) is 0 Å². The van der Waals surface area contributed by atoms with E-state index in [1.54, 1.807) is 18.4 Å². The lowest BCUT2D eigenvalue weighted by Gasteiger charge is -2.14. The maximum absolute atomic E-state index is 11.7. The van der Waals surface area contributed by atoms with Gasteiger partial charge in [-0.25, -0.2) is 0 Å². The average molecular weight is 302 g/mol. The van der Waals surface area contributed by atoms with Crippen molar-refractivity contribution < 1.29 is 23.8 Å². The van der Waals surface area contributed by atoms with Crippen LogP contribution in [0.3, 0.4) is 0 Å². The van der Waals surface area contributed by atoms with Crippen LogP contribution in [-0.4, -0.2) is 30.2 Å². The second kappa shape index (κ2) is 6.77. The first-order valence-electron chi connectivity index (χ1n) is 7.30. The third-order valence-electron chi connectivity index (χ3n) is 3.60. The molecule has 0 aliphatic heterocycles. The smallest absolute Gasteiger partial charge is 0.163 e. The first-order chi connectivity index (χ1) is 10.7. The van der Waals surface area contributed by atoms with Crippen LogP contribution >= 0.6 is 0 Å². The predicted octanol–water partition coefficient (Wildman–Crippen LogP) is 2.37. The Hall–Kier alpha value is -2.11. The van der Waals surface area contributed by atoms with Gasteiger partial charge in [-0.05, 0) is 24.6 Å². The summed E-state index contributed by atoms with van der Waals surface area (Å²) in [6.07, 6.45) is 2.08. The molecule has 0 saturated heterocycles. The number of Topliss-reactive ketones (excluding diaryl/α,β-unsaturated/α-hetero) is 1. The standard InChI is InChI=1S/C17H18O5/c18-12(9-20-11-13-3-2-8-21-13)10-22-17-5-1-4-14-15(17)6-7-16(14)19/h1-5,8,12,18H,6-7,9-11H2. The summed E-state index contributed by atoms with van der Waals surface area (Å²) in [5.41, 5.74) is 1.68. The van der Waals surface area contributed by atoms with Crippen molar-refractivity contribution in [3.05, 3.63) is 53.5 Å². The summed E-state index contributed by atoms with van der Waals surface area (Å²) in [5, 5.41) is 9.89. The molecule has 0 bridgehead atoms. The summed E-state index contributed by atoms with van der Waals surface area (Å²) in [6.45, 7) is 0.608. The monoisotopic (exact) mass is 302 g/mol. The molecule has 1 aliphatic rings. The molecule has 1 aromatic carbocycles. The highest BCUT2D eigenvalue weighted by molar-refractivity contribution is 6.01. The minimum absolute atomic E-state index is 0.128. The Labute approximate surface area is 128 Å². The van der Waals surface area contributed by atoms with E-state index in [2.05, 4.69) is 0 Å². The molecule has 0 fully saturated rings. The Morgan fingerprint density at radius 3 is 2.91 bits per heavy atom. The molecule has 1 N–H and O–H groups in total. The van der Waals surface area contributed by atoms with E-state index in [1.807, 2.05) is 18.2 Å². The van der Waals surface area contributed by atoms with Gasteiger partial charge in [0, 0.05) is 17.5 Å². The van der Waals surface area contributed by atoms with Gasteiger partial charge in [0.1, 0.15) is 30.8 Å². The van der Waals surface area contributed by atoms with Crippen molar-refractivity contribution in [2.75, 3.05) is 13.2 Å². The van der Waals surface area contributed by atoms with Crippen LogP contribution < -0.4 is 4.74 Å². The van der Waals surface area contributed by atoms with E-state index in [1.165, 1.54) is 0 Å². The summed E-state index contributed by atoms with van der Waals surface area (Å²) in [5.74, 6) is 1.55. The van der Waals surface area contributed by atoms with Crippen LogP contribution in [0.15, 0.2) is 41.0 Å². The zero-order valence-corrected chi connectivity index (χ0v) is 12.2. The van der Waals surface area contributed by atoms with Crippen molar-refractivity contribution in [3.63, 3.8) is 0 Å². The fourth-order valence-corrected chi connectivity index (χ4v) is 2.52. The Morgan fingerprint density at radius 2 is 2.09 bits per heavy atom. The minimum Gasteiger partial charge on any atom is -0.490 e. The fourth-order valence-electron chi connectivity index (χ4n) is 2.52. The van der Waals surface area contributed by atoms with E-state index in [9.17, 15) is 9.90 Å². The number of carbonyl (C=O) groups is 1. The minimum atomic E-state index is -0.733. The number of fused-ring (bicyclic) bond motifs is 1. The first-order valence-corrected chi connectivity index (χ1v) is 7.30. The van der Waals surface area contributed by atoms with E-state index in [0.29, 0.717) is 31.0 Å². The molecule has 0 radical (unpaired) electrons. The van der Waals surface area contributed by atoms with E-state index < -0.39 is 6.10 Å². The van der Waals surface area contributed by atoms with Gasteiger partial charge in [0.25, 0.3) is 0 Å². The van der Waals surface area contributed by atoms with E-state index in [-0.39, 0.29) is 19.0 Å². The summed E-state index contributed by atoms with van der Waals surface area (Å²) in [7, 11) is 0. The van der Waals surface area contributed by atoms with Gasteiger partial charge >= 0.3 is 0 Å². The topological polar surface area (TPSA) is 68.9 Å². The van der Waals surface area contributed by atoms with Crippen LogP contribution in [0.2, 0.25) is 0 Å². The lowest BCUT2D eigenvalue weighted by Crippen LogP contribution is -2.23. The van der Waals surface area contributed by atoms with E-state index >= 15 is 0 Å². The zero-order chi connectivity index (χ0) is 15.4. The van der Waals surface area contributed by atoms with Crippen LogP contribution in [-0.2, 0) is 17.8 Å². The zero-order valence-electron chi connectivity index (χ0n) is 12.2. The van der Waals surface area contributed by atoms with Crippen molar-refractivity contribution in [3.8, 4) is 5.75 Å². The van der Waals surface area contributed by atoms with Gasteiger partial charge in [-0.3, -0.25) is 4.79 Å². The molecule has 0 saturated carbocycles. The molecule has 1 heterocycles. The molecule has 1 unspecified atom stereocenters. The number of hydrogen-bond donors (Lipinski definition) is 1. The first kappa shape index (κ1) is 14.8. The third kappa shape index (κ3) is 3.37. The van der Waals surface area contributed by atoms with Gasteiger partial charge in [-0.1, -0.05) is 12.1 Å². The fraction of sp³-hybridized carbons (Fsp3) is 0.353. The Kier molecular flexibility index (Phi) is 4.56. The second-order valence-corrected chi connectivity index (χ2v) is 5.26. The molecule has 2 aromatic rings. The molecule has 116 valence electrons. The number of furan rings is 1. The van der Waals surface area contributed by atoms with Gasteiger partial charge in [0.05, 0.1) is 12.9 Å². The molecular formula is C17H18O5. The van der Waals surface area contributed by atoms with Crippen molar-refractivity contribution in [1.82, 2.24) is 0 Å². The summed E-state index contributed by atoms with van der Waals surface area (Å²) >= 11 is 0. The number of rotatable bonds is 7. The lowest BCUT2D eigenvalue weighted by molar-refractivity contribution is 0.000745. The summed E-state index contributed by atoms with van der Waals surface area (Å²) in [4.78, 5) is 11.7. The number of ether oxygens (including phenoxy) is 2. The number of hydrogen-bond acceptors (Lipinski definition) is 5. The van der Waals surface area contributed by atoms with Gasteiger partial charge in [0.2, 0.25) is 0 Å². The molecule has 0 amide bonds. The van der Waals surface area contributed by atoms with E-state index in [4.69, 9.17) is 13.9 Å². The van der Waals surface area contributed by atoms with Crippen LogP contribution in [0, 0.1) is 0 Å². The van der Waals surface area contributed by atoms with Gasteiger partial charge < -0.3 is 19.0 Å². The lowest BCUT2D eigenvalue weighted by atomic mass is 10.1. The Morgan fingerprint density at radius 1 is 1.18 bits per heavy atom. The largest absolute Gasteiger partial charge is 0.490 e. The number of carbonyl (C=O) groups excluding carboxylic acids is 1. The summed E-state index contributed by atoms with van der Waals surface area (Å²) < 4.78 is 16.1. The molecule has 1 atom stereocenters. The highest BCUT2D eigenvalue weighted by Gasteiger charge is 2.22. The molecule has 5 nitrogen and oxygen atoms in total. The normalized spacial score (nSPS) is 14.9. The quantitative estimate of drug-likeness (QED) is 0.850. The van der Waals surface area contributed by atoms with Crippen LogP contribution in [0.5, 0.6) is 5.75 Å². The third-order valence-corrected chi connectivity index (χ3v) is 3.60.